The first kappa shape index (κ1) is 244. The van der Waals surface area contributed by atoms with E-state index in [0.717, 1.165) is 16.0 Å². The van der Waals surface area contributed by atoms with Gasteiger partial charge in [-0.2, -0.15) is 0 Å². The molecule has 0 atom stereocenters. The van der Waals surface area contributed by atoms with Gasteiger partial charge in [0, 0.05) is 0 Å². The Labute approximate surface area is 114 Å². The van der Waals surface area contributed by atoms with Gasteiger partial charge in [-0.15, -0.1) is 16.0 Å². The van der Waals surface area contributed by atoms with Crippen LogP contribution in [0.25, 0.3) is 0 Å². The third kappa shape index (κ3) is 1250. The normalized spacial score (nSPS) is 1.89. The zero-order chi connectivity index (χ0) is 8.12. The van der Waals surface area contributed by atoms with Crippen molar-refractivity contribution in [1.29, 1.82) is 0 Å². The van der Waals surface area contributed by atoms with Crippen LogP contribution in [0.15, 0.2) is 16.0 Å². The van der Waals surface area contributed by atoms with Crippen molar-refractivity contribution in [3.63, 3.8) is 0 Å². The van der Waals surface area contributed by atoms with E-state index in [4.69, 9.17) is 30.3 Å². The second kappa shape index (κ2) is 2090. The van der Waals surface area contributed by atoms with Crippen molar-refractivity contribution in [2.24, 2.45) is 16.0 Å². The van der Waals surface area contributed by atoms with Gasteiger partial charge in [0.15, 0.2) is 0 Å². The fourth-order valence-corrected chi connectivity index (χ4v) is 0. The van der Waals surface area contributed by atoms with Gasteiger partial charge in [-0.25, -0.2) is 0 Å². The van der Waals surface area contributed by atoms with Gasteiger partial charge in [0.05, 0.1) is 0 Å². The Kier molecular flexibility index (Phi) is 26900. The van der Waals surface area contributed by atoms with E-state index >= 15 is 0 Å². The third-order valence-corrected chi connectivity index (χ3v) is 0. The van der Waals surface area contributed by atoms with E-state index in [9.17, 15) is 0 Å². The first-order valence-corrected chi connectivity index (χ1v) is 1.10. The molecular weight excluding hydrogens is 338 g/mol. The van der Waals surface area contributed by atoms with E-state index in [-0.39, 0.29) is 66.4 Å². The van der Waals surface area contributed by atoms with E-state index in [2.05, 4.69) is 0 Å². The molecule has 0 bridgehead atoms. The van der Waals surface area contributed by atoms with Crippen molar-refractivity contribution < 1.29 is 66.4 Å². The predicted octanol–water partition coefficient (Wildman–Crippen LogP) is -6.67. The molecule has 19 heavy (non-hydrogen) atoms. The van der Waals surface area contributed by atoms with Crippen LogP contribution in [0.5, 0.6) is 0 Å². The topological polar surface area (TPSA) is 441 Å². The van der Waals surface area contributed by atoms with Crippen molar-refractivity contribution in [2.45, 2.75) is 0 Å². The van der Waals surface area contributed by atoms with E-state index in [1.54, 1.807) is 0 Å². The molecule has 0 aromatic heterocycles. The third-order valence-electron chi connectivity index (χ3n) is 0. The summed E-state index contributed by atoms with van der Waals surface area (Å²) >= 11 is 0. The Morgan fingerprint density at radius 2 is 0.421 bits per heavy atom. The Morgan fingerprint density at radius 1 is 0.421 bits per heavy atom. The molecule has 0 heterocycles. The molecule has 18 nitrogen and oxygen atoms in total. The average molecular weight is 356 g/mol. The van der Waals surface area contributed by atoms with Crippen LogP contribution in [0.4, 0.5) is 0 Å². The molecule has 19 heteroatoms. The molecule has 0 aliphatic rings. The van der Waals surface area contributed by atoms with Crippen molar-refractivity contribution in [2.75, 3.05) is 0 Å². The maximum Gasteiger partial charge on any atom is 3.00 e. The summed E-state index contributed by atoms with van der Waals surface area (Å²) in [7, 11) is 0. The van der Waals surface area contributed by atoms with Crippen LogP contribution in [-0.2, 0) is 17.1 Å². The largest absolute Gasteiger partial charge is 3.00 e. The summed E-state index contributed by atoms with van der Waals surface area (Å²) in [5.41, 5.74) is 0. The number of hydrogen-bond donors (Lipinski definition) is 0. The smallest absolute Gasteiger partial charge is 0.444 e. The molecule has 0 aliphatic carbocycles. The second-order valence-electron chi connectivity index (χ2n) is 0.224. The van der Waals surface area contributed by atoms with Crippen LogP contribution in [0.1, 0.15) is 0 Å². The van der Waals surface area contributed by atoms with Gasteiger partial charge < -0.3 is 79.6 Å². The molecule has 0 saturated heterocycles. The molecule has 0 aromatic carbocycles. The molecule has 1 radical (unpaired) electrons. The summed E-state index contributed by atoms with van der Waals surface area (Å²) in [6.07, 6.45) is 0. The predicted molar refractivity (Wildman–Crippen MR) is 60.0 cm³/mol. The minimum atomic E-state index is 0. The molecule has 0 fully saturated rings. The second-order valence-corrected chi connectivity index (χ2v) is 0.224. The van der Waals surface area contributed by atoms with Crippen LogP contribution in [0, 0.1) is 30.3 Å². The Morgan fingerprint density at radius 3 is 0.421 bits per heavy atom. The van der Waals surface area contributed by atoms with Crippen LogP contribution in [0.3, 0.4) is 0 Å². The molecule has 0 amide bonds. The molecule has 0 unspecified atom stereocenters. The van der Waals surface area contributed by atoms with Gasteiger partial charge in [0.1, 0.15) is 0 Å². The first-order valence-electron chi connectivity index (χ1n) is 1.10. The zero-order valence-electron chi connectivity index (χ0n) is 8.64. The van der Waals surface area contributed by atoms with Crippen LogP contribution >= 0.6 is 0 Å². The summed E-state index contributed by atoms with van der Waals surface area (Å²) < 4.78 is 0. The molecular formula is H18FeN3O15. The standard InChI is InChI=1S/Fe.3HNO2.9H2O/c;3*2-1-3;;;;;;;;;/h;3*(H,2,3);9*1H2/q+3;;;;;;;;;;;;/p-3. The summed E-state index contributed by atoms with van der Waals surface area (Å²) in [5, 5.41) is 27.0. The summed E-state index contributed by atoms with van der Waals surface area (Å²) in [5.74, 6) is 0. The van der Waals surface area contributed by atoms with Crippen molar-refractivity contribution in [3.05, 3.63) is 30.3 Å². The van der Waals surface area contributed by atoms with Crippen LogP contribution < -0.4 is 0 Å². The zero-order valence-corrected chi connectivity index (χ0v) is 9.75. The molecule has 0 saturated carbocycles. The van der Waals surface area contributed by atoms with Gasteiger partial charge in [-0.05, 0) is 0 Å². The van der Waals surface area contributed by atoms with Crippen molar-refractivity contribution >= 4 is 0 Å². The fourth-order valence-electron chi connectivity index (χ4n) is 0. The fraction of sp³-hybridized carbons (Fsp3) is 0. The van der Waals surface area contributed by atoms with E-state index in [1.807, 2.05) is 0 Å². The Hall–Kier alpha value is -1.64. The van der Waals surface area contributed by atoms with Gasteiger partial charge in [0.2, 0.25) is 0 Å². The molecule has 0 aromatic rings. The monoisotopic (exact) mass is 356 g/mol. The van der Waals surface area contributed by atoms with E-state index in [0.29, 0.717) is 0 Å². The van der Waals surface area contributed by atoms with E-state index in [1.165, 1.54) is 0 Å². The molecule has 0 rings (SSSR count). The maximum absolute atomic E-state index is 8.00. The maximum atomic E-state index is 8.00. The Balaban J connectivity index is -0.00000000205. The minimum Gasteiger partial charge on any atom is -0.444 e. The van der Waals surface area contributed by atoms with Crippen LogP contribution in [-0.4, -0.2) is 49.3 Å². The Bertz CT molecular complexity index is 54.1. The summed E-state index contributed by atoms with van der Waals surface area (Å²) in [6, 6.07) is 0. The van der Waals surface area contributed by atoms with Crippen molar-refractivity contribution in [3.8, 4) is 0 Å². The number of nitrogens with zero attached hydrogens (tertiary/aromatic N) is 3. The van der Waals surface area contributed by atoms with E-state index < -0.39 is 0 Å². The van der Waals surface area contributed by atoms with Gasteiger partial charge in [0.25, 0.3) is 0 Å². The quantitative estimate of drug-likeness (QED) is 0.230. The summed E-state index contributed by atoms with van der Waals surface area (Å²) in [4.78, 5) is 24.0. The molecule has 0 aliphatic heterocycles. The molecule has 18 N–H and O–H groups in total. The van der Waals surface area contributed by atoms with Gasteiger partial charge >= 0.3 is 17.1 Å². The SMILES string of the molecule is O.O.O.O.O.O.O.O.O.O=N[O-].O=N[O-].O=N[O-].[Fe+3]. The first-order chi connectivity index (χ1) is 4.24. The molecule has 0 spiro atoms. The number of hydrogen-bond acceptors (Lipinski definition) is 9. The average Bonchev–Trinajstić information content (AvgIpc) is 1.70. The number of rotatable bonds is 0. The molecule has 131 valence electrons. The minimum absolute atomic E-state index is 0. The van der Waals surface area contributed by atoms with Crippen LogP contribution in [0.2, 0.25) is 0 Å². The van der Waals surface area contributed by atoms with Gasteiger partial charge in [-0.3, -0.25) is 0 Å². The van der Waals surface area contributed by atoms with Crippen molar-refractivity contribution in [1.82, 2.24) is 0 Å². The van der Waals surface area contributed by atoms with Gasteiger partial charge in [-0.1, -0.05) is 0 Å². The summed E-state index contributed by atoms with van der Waals surface area (Å²) in [6.45, 7) is 0.